The lowest BCUT2D eigenvalue weighted by molar-refractivity contribution is -0.408. The van der Waals surface area contributed by atoms with Crippen LogP contribution in [-0.2, 0) is 20.2 Å². The smallest absolute Gasteiger partial charge is 0.396 e. The van der Waals surface area contributed by atoms with Gasteiger partial charge >= 0.3 is 47.9 Å². The van der Waals surface area contributed by atoms with Crippen LogP contribution in [0.1, 0.15) is 19.3 Å². The van der Waals surface area contributed by atoms with Gasteiger partial charge in [-0.1, -0.05) is 0 Å². The summed E-state index contributed by atoms with van der Waals surface area (Å²) in [6.45, 7) is -1.75. The van der Waals surface area contributed by atoms with Crippen LogP contribution in [0.4, 0.5) is 79.0 Å². The predicted octanol–water partition coefficient (Wildman–Crippen LogP) is 4.58. The Morgan fingerprint density at radius 3 is 1.25 bits per heavy atom. The zero-order chi connectivity index (χ0) is 36.2. The van der Waals surface area contributed by atoms with E-state index in [-0.39, 0.29) is 0 Å². The fraction of sp³-hybridized carbons (Fsp3) is 1.00. The van der Waals surface area contributed by atoms with Crippen LogP contribution >= 0.6 is 0 Å². The first-order chi connectivity index (χ1) is 18.7. The molecule has 0 saturated heterocycles. The number of halogens is 18. The van der Waals surface area contributed by atoms with Gasteiger partial charge in [-0.05, 0) is 12.8 Å². The lowest BCUT2D eigenvalue weighted by Crippen LogP contribution is -2.70. The third-order valence-electron chi connectivity index (χ3n) is 5.89. The molecule has 0 rings (SSSR count). The van der Waals surface area contributed by atoms with E-state index in [9.17, 15) is 106 Å². The summed E-state index contributed by atoms with van der Waals surface area (Å²) >= 11 is 0. The normalized spacial score (nSPS) is 18.6. The molecule has 28 heteroatoms. The average molecular weight is 742 g/mol. The molecule has 0 heterocycles. The number of alkyl halides is 18. The topological polar surface area (TPSA) is 149 Å². The Labute approximate surface area is 232 Å². The Morgan fingerprint density at radius 2 is 0.955 bits per heavy atom. The Bertz CT molecular complexity index is 1230. The number of aliphatic hydroxyl groups excluding tert-OH is 1. The van der Waals surface area contributed by atoms with Crippen LogP contribution in [0.25, 0.3) is 0 Å². The minimum atomic E-state index is -8.15. The highest BCUT2D eigenvalue weighted by atomic mass is 32.2. The van der Waals surface area contributed by atoms with Gasteiger partial charge in [-0.3, -0.25) is 9.11 Å². The molecule has 0 aliphatic heterocycles. The van der Waals surface area contributed by atoms with Crippen LogP contribution < -0.4 is 0 Å². The molecule has 0 aromatic rings. The minimum Gasteiger partial charge on any atom is -0.396 e. The summed E-state index contributed by atoms with van der Waals surface area (Å²) in [7, 11) is -14.0. The zero-order valence-corrected chi connectivity index (χ0v) is 21.9. The van der Waals surface area contributed by atoms with Gasteiger partial charge in [0.1, 0.15) is 5.25 Å². The van der Waals surface area contributed by atoms with Crippen LogP contribution in [-0.4, -0.2) is 107 Å². The minimum absolute atomic E-state index is 1.75. The molecule has 0 saturated carbocycles. The van der Waals surface area contributed by atoms with E-state index in [2.05, 4.69) is 0 Å². The van der Waals surface area contributed by atoms with Crippen molar-refractivity contribution in [1.82, 2.24) is 0 Å². The summed E-state index contributed by atoms with van der Waals surface area (Å²) in [5.74, 6) is -56.2. The molecule has 0 amide bonds. The van der Waals surface area contributed by atoms with Crippen molar-refractivity contribution < 1.29 is 115 Å². The molecule has 0 bridgehead atoms. The first-order valence-corrected chi connectivity index (χ1v) is 13.5. The second kappa shape index (κ2) is 11.9. The maximum Gasteiger partial charge on any atom is 0.460 e. The molecule has 4 N–H and O–H groups in total. The van der Waals surface area contributed by atoms with Gasteiger partial charge in [-0.15, -0.1) is 0 Å². The summed E-state index contributed by atoms with van der Waals surface area (Å²) < 4.78 is 307. The zero-order valence-electron chi connectivity index (χ0n) is 20.2. The Kier molecular flexibility index (Phi) is 11.5. The Balaban J connectivity index is 7.98. The standard InChI is InChI=1S/C16H16F18O8S2/c17-9(18,11(21,22)13(25,26)15(29,30)31)4-7(44(40,41)42)8(36,2-1-3-35)6(5-43(37,38)39)10(19,20)12(23,24)14(27,28)16(32,33)34/h6-7,35-36H,1-5H2,(H,37,38,39)(H,40,41,42). The number of aliphatic hydroxyl groups is 2. The van der Waals surface area contributed by atoms with Crippen molar-refractivity contribution in [1.29, 1.82) is 0 Å². The van der Waals surface area contributed by atoms with Crippen molar-refractivity contribution in [2.75, 3.05) is 12.4 Å². The van der Waals surface area contributed by atoms with E-state index in [4.69, 9.17) is 9.66 Å². The second-order valence-electron chi connectivity index (χ2n) is 8.95. The van der Waals surface area contributed by atoms with E-state index in [1.165, 1.54) is 0 Å². The summed E-state index contributed by atoms with van der Waals surface area (Å²) in [6, 6.07) is 0. The molecular weight excluding hydrogens is 726 g/mol. The van der Waals surface area contributed by atoms with Crippen molar-refractivity contribution in [2.45, 2.75) is 78.0 Å². The summed E-state index contributed by atoms with van der Waals surface area (Å²) in [5, 5.41) is 14.3. The van der Waals surface area contributed by atoms with Gasteiger partial charge in [-0.2, -0.15) is 95.9 Å². The van der Waals surface area contributed by atoms with E-state index >= 15 is 0 Å². The average Bonchev–Trinajstić information content (AvgIpc) is 2.76. The monoisotopic (exact) mass is 742 g/mol. The van der Waals surface area contributed by atoms with Gasteiger partial charge in [0, 0.05) is 13.0 Å². The highest BCUT2D eigenvalue weighted by Crippen LogP contribution is 2.60. The number of hydrogen-bond donors (Lipinski definition) is 4. The number of rotatable bonds is 15. The molecular formula is C16H16F18O8S2. The van der Waals surface area contributed by atoms with Gasteiger partial charge in [-0.25, -0.2) is 0 Å². The van der Waals surface area contributed by atoms with Crippen molar-refractivity contribution in [2.24, 2.45) is 5.92 Å². The second-order valence-corrected chi connectivity index (χ2v) is 12.0. The van der Waals surface area contributed by atoms with Crippen LogP contribution in [0.5, 0.6) is 0 Å². The van der Waals surface area contributed by atoms with Crippen LogP contribution in [0.15, 0.2) is 0 Å². The number of hydrogen-bond acceptors (Lipinski definition) is 6. The molecule has 0 fully saturated rings. The van der Waals surface area contributed by atoms with Gasteiger partial charge in [0.05, 0.1) is 17.3 Å². The molecule has 0 aromatic carbocycles. The van der Waals surface area contributed by atoms with E-state index in [1.807, 2.05) is 0 Å². The molecule has 0 aliphatic rings. The molecule has 0 aliphatic carbocycles. The fourth-order valence-electron chi connectivity index (χ4n) is 3.61. The van der Waals surface area contributed by atoms with Gasteiger partial charge in [0.2, 0.25) is 0 Å². The van der Waals surface area contributed by atoms with E-state index in [0.29, 0.717) is 0 Å². The van der Waals surface area contributed by atoms with Gasteiger partial charge in [0.15, 0.2) is 0 Å². The molecule has 3 unspecified atom stereocenters. The molecule has 0 radical (unpaired) electrons. The highest BCUT2D eigenvalue weighted by Gasteiger charge is 2.86. The van der Waals surface area contributed by atoms with Crippen LogP contribution in [0.3, 0.4) is 0 Å². The first kappa shape index (κ1) is 42.5. The summed E-state index contributed by atoms with van der Waals surface area (Å²) in [4.78, 5) is 0. The fourth-order valence-corrected chi connectivity index (χ4v) is 5.75. The van der Waals surface area contributed by atoms with E-state index < -0.39 is 117 Å². The Hall–Kier alpha value is -1.52. The lowest BCUT2D eigenvalue weighted by atomic mass is 9.73. The van der Waals surface area contributed by atoms with E-state index in [1.54, 1.807) is 0 Å². The quantitative estimate of drug-likeness (QED) is 0.141. The molecule has 44 heavy (non-hydrogen) atoms. The SMILES string of the molecule is O=S(=O)(O)CC(C(O)(CCCO)C(CC(F)(F)C(F)(F)C(F)(F)C(F)(F)F)S(=O)(=O)O)C(F)(F)C(F)(F)C(F)(F)C(F)(F)F. The van der Waals surface area contributed by atoms with Crippen molar-refractivity contribution in [3.05, 3.63) is 0 Å². The predicted molar refractivity (Wildman–Crippen MR) is 103 cm³/mol. The van der Waals surface area contributed by atoms with Gasteiger partial charge < -0.3 is 10.2 Å². The molecule has 266 valence electrons. The third-order valence-corrected chi connectivity index (χ3v) is 7.94. The molecule has 0 aromatic heterocycles. The van der Waals surface area contributed by atoms with Crippen LogP contribution in [0.2, 0.25) is 0 Å². The first-order valence-electron chi connectivity index (χ1n) is 10.4. The van der Waals surface area contributed by atoms with Crippen molar-refractivity contribution in [3.63, 3.8) is 0 Å². The third kappa shape index (κ3) is 7.54. The Morgan fingerprint density at radius 1 is 0.591 bits per heavy atom. The largest absolute Gasteiger partial charge is 0.460 e. The molecule has 8 nitrogen and oxygen atoms in total. The van der Waals surface area contributed by atoms with Crippen molar-refractivity contribution in [3.8, 4) is 0 Å². The maximum absolute atomic E-state index is 14.9. The van der Waals surface area contributed by atoms with E-state index in [0.717, 1.165) is 0 Å². The maximum atomic E-state index is 14.9. The van der Waals surface area contributed by atoms with Crippen LogP contribution in [0, 0.1) is 5.92 Å². The van der Waals surface area contributed by atoms with Gasteiger partial charge in [0.25, 0.3) is 20.2 Å². The highest BCUT2D eigenvalue weighted by molar-refractivity contribution is 7.86. The van der Waals surface area contributed by atoms with Crippen molar-refractivity contribution >= 4 is 20.2 Å². The summed E-state index contributed by atoms with van der Waals surface area (Å²) in [5.41, 5.74) is -5.62. The summed E-state index contributed by atoms with van der Waals surface area (Å²) in [6.07, 6.45) is -24.1. The lowest BCUT2D eigenvalue weighted by Gasteiger charge is -2.47. The molecule has 0 spiro atoms. The molecule has 3 atom stereocenters.